The van der Waals surface area contributed by atoms with Crippen molar-refractivity contribution in [3.63, 3.8) is 0 Å². The molecular formula is C26H24N2O2. The lowest BCUT2D eigenvalue weighted by Gasteiger charge is -2.34. The Hall–Kier alpha value is -3.40. The van der Waals surface area contributed by atoms with Crippen LogP contribution in [0.4, 0.5) is 0 Å². The number of rotatable bonds is 0. The molecule has 4 heteroatoms. The quantitative estimate of drug-likeness (QED) is 0.610. The minimum absolute atomic E-state index is 0.0425. The summed E-state index contributed by atoms with van der Waals surface area (Å²) in [7, 11) is 0. The van der Waals surface area contributed by atoms with E-state index < -0.39 is 0 Å². The molecule has 3 aromatic rings. The highest BCUT2D eigenvalue weighted by molar-refractivity contribution is 6.02. The maximum atomic E-state index is 12.6. The number of nitrogens with one attached hydrogen (secondary N) is 2. The number of allylic oxidation sites excluding steroid dienone is 1. The zero-order valence-corrected chi connectivity index (χ0v) is 17.7. The van der Waals surface area contributed by atoms with Crippen molar-refractivity contribution in [3.8, 4) is 11.1 Å². The standard InChI is InChI=1S/C26H24N2O2/c1-11-12(2)22-18(8-10-20-24(22)14(4)16(6)28-26(20)30)17-7-9-19-23(21(11)17)13(3)15(5)27-25(19)29/h7-11,13H,5-6H2,1-4H3,(H,27,29)(H,28,30). The molecule has 1 aliphatic carbocycles. The van der Waals surface area contributed by atoms with Gasteiger partial charge < -0.3 is 10.3 Å². The highest BCUT2D eigenvalue weighted by atomic mass is 16.1. The van der Waals surface area contributed by atoms with Crippen LogP contribution in [0.1, 0.15) is 59.7 Å². The van der Waals surface area contributed by atoms with Crippen LogP contribution >= 0.6 is 0 Å². The number of hydrogen-bond acceptors (Lipinski definition) is 2. The average Bonchev–Trinajstić information content (AvgIpc) is 2.72. The molecule has 5 rings (SSSR count). The van der Waals surface area contributed by atoms with Gasteiger partial charge in [0.15, 0.2) is 0 Å². The van der Waals surface area contributed by atoms with Gasteiger partial charge in [0, 0.05) is 33.8 Å². The predicted molar refractivity (Wildman–Crippen MR) is 122 cm³/mol. The maximum absolute atomic E-state index is 12.6. The lowest BCUT2D eigenvalue weighted by atomic mass is 9.72. The van der Waals surface area contributed by atoms with Crippen molar-refractivity contribution >= 4 is 28.8 Å². The fourth-order valence-corrected chi connectivity index (χ4v) is 5.20. The van der Waals surface area contributed by atoms with Crippen molar-refractivity contribution in [2.45, 2.75) is 39.5 Å². The number of aromatic amines is 1. The number of aryl methyl sites for hydroxylation is 1. The molecule has 1 aliphatic heterocycles. The number of hydrogen-bond donors (Lipinski definition) is 2. The van der Waals surface area contributed by atoms with Gasteiger partial charge >= 0.3 is 0 Å². The number of benzene rings is 2. The molecule has 2 N–H and O–H groups in total. The second kappa shape index (κ2) is 6.05. The van der Waals surface area contributed by atoms with Crippen molar-refractivity contribution in [1.29, 1.82) is 0 Å². The zero-order chi connectivity index (χ0) is 21.5. The SMILES string of the molecule is C=C1NC(=O)c2ccc3c(c2C1C)C(C)C(C)=c1c-3ccc2c(=O)[nH]c(=C)c(C)c12. The minimum atomic E-state index is -0.110. The van der Waals surface area contributed by atoms with Crippen molar-refractivity contribution in [2.24, 2.45) is 0 Å². The van der Waals surface area contributed by atoms with E-state index in [9.17, 15) is 9.59 Å². The van der Waals surface area contributed by atoms with E-state index in [0.717, 1.165) is 44.1 Å². The molecular weight excluding hydrogens is 372 g/mol. The molecule has 0 radical (unpaired) electrons. The number of fused-ring (bicyclic) bond motifs is 7. The van der Waals surface area contributed by atoms with Gasteiger partial charge in [-0.05, 0) is 64.4 Å². The summed E-state index contributed by atoms with van der Waals surface area (Å²) in [5, 5.41) is 6.33. The molecule has 2 unspecified atom stereocenters. The van der Waals surface area contributed by atoms with Gasteiger partial charge in [0.05, 0.1) is 0 Å². The van der Waals surface area contributed by atoms with Crippen LogP contribution in [0.15, 0.2) is 41.3 Å². The summed E-state index contributed by atoms with van der Waals surface area (Å²) in [6.07, 6.45) is 0. The van der Waals surface area contributed by atoms with Crippen molar-refractivity contribution in [3.05, 3.63) is 79.7 Å². The van der Waals surface area contributed by atoms with E-state index in [1.54, 1.807) is 0 Å². The molecule has 2 heterocycles. The Morgan fingerprint density at radius 3 is 2.23 bits per heavy atom. The van der Waals surface area contributed by atoms with Gasteiger partial charge in [0.1, 0.15) is 0 Å². The Morgan fingerprint density at radius 2 is 1.50 bits per heavy atom. The molecule has 0 saturated carbocycles. The highest BCUT2D eigenvalue weighted by Gasteiger charge is 2.33. The maximum Gasteiger partial charge on any atom is 0.256 e. The molecule has 4 nitrogen and oxygen atoms in total. The topological polar surface area (TPSA) is 62.0 Å². The van der Waals surface area contributed by atoms with Gasteiger partial charge in [0.2, 0.25) is 0 Å². The van der Waals surface area contributed by atoms with Gasteiger partial charge in [-0.1, -0.05) is 44.7 Å². The molecule has 2 aromatic carbocycles. The molecule has 0 saturated heterocycles. The summed E-state index contributed by atoms with van der Waals surface area (Å²) in [6, 6.07) is 7.92. The van der Waals surface area contributed by atoms with Crippen LogP contribution in [0, 0.1) is 6.92 Å². The minimum Gasteiger partial charge on any atom is -0.326 e. The summed E-state index contributed by atoms with van der Waals surface area (Å²) in [4.78, 5) is 28.1. The molecule has 1 amide bonds. The molecule has 0 fully saturated rings. The fourth-order valence-electron chi connectivity index (χ4n) is 5.20. The number of carbonyl (C=O) groups is 1. The van der Waals surface area contributed by atoms with Crippen LogP contribution in [0.5, 0.6) is 0 Å². The third-order valence-corrected chi connectivity index (χ3v) is 7.07. The molecule has 2 aliphatic rings. The molecule has 30 heavy (non-hydrogen) atoms. The monoisotopic (exact) mass is 396 g/mol. The second-order valence-electron chi connectivity index (χ2n) is 8.56. The fraction of sp³-hybridized carbons (Fsp3) is 0.231. The van der Waals surface area contributed by atoms with Crippen LogP contribution in [0.25, 0.3) is 34.1 Å². The Kier molecular flexibility index (Phi) is 3.75. The van der Waals surface area contributed by atoms with Crippen LogP contribution in [0.3, 0.4) is 0 Å². The summed E-state index contributed by atoms with van der Waals surface area (Å²) >= 11 is 0. The highest BCUT2D eigenvalue weighted by Crippen LogP contribution is 2.45. The predicted octanol–water partition coefficient (Wildman–Crippen LogP) is 3.56. The zero-order valence-electron chi connectivity index (χ0n) is 17.7. The smallest absolute Gasteiger partial charge is 0.256 e. The van der Waals surface area contributed by atoms with Crippen LogP contribution in [-0.2, 0) is 0 Å². The third kappa shape index (κ3) is 2.22. The van der Waals surface area contributed by atoms with E-state index in [1.807, 2.05) is 25.1 Å². The number of carbonyl (C=O) groups excluding carboxylic acids is 1. The summed E-state index contributed by atoms with van der Waals surface area (Å²) in [6.45, 7) is 16.5. The molecule has 1 aromatic heterocycles. The van der Waals surface area contributed by atoms with E-state index in [4.69, 9.17) is 0 Å². The Labute approximate surface area is 174 Å². The van der Waals surface area contributed by atoms with Gasteiger partial charge in [0.25, 0.3) is 11.5 Å². The van der Waals surface area contributed by atoms with Crippen molar-refractivity contribution < 1.29 is 4.79 Å². The first-order chi connectivity index (χ1) is 14.2. The van der Waals surface area contributed by atoms with Gasteiger partial charge in [-0.2, -0.15) is 0 Å². The number of pyridine rings is 1. The largest absolute Gasteiger partial charge is 0.326 e. The summed E-state index contributed by atoms with van der Waals surface area (Å²) in [5.41, 5.74) is 8.04. The number of H-pyrrole nitrogens is 1. The Morgan fingerprint density at radius 1 is 0.867 bits per heavy atom. The van der Waals surface area contributed by atoms with Crippen LogP contribution in [-0.4, -0.2) is 10.9 Å². The molecule has 0 spiro atoms. The Bertz CT molecular complexity index is 1490. The number of aromatic nitrogens is 1. The van der Waals surface area contributed by atoms with E-state index in [2.05, 4.69) is 50.3 Å². The molecule has 150 valence electrons. The van der Waals surface area contributed by atoms with Crippen LogP contribution < -0.4 is 21.4 Å². The number of amides is 1. The van der Waals surface area contributed by atoms with E-state index >= 15 is 0 Å². The van der Waals surface area contributed by atoms with E-state index in [-0.39, 0.29) is 23.3 Å². The lowest BCUT2D eigenvalue weighted by Crippen LogP contribution is -2.34. The van der Waals surface area contributed by atoms with Gasteiger partial charge in [-0.15, -0.1) is 0 Å². The van der Waals surface area contributed by atoms with Gasteiger partial charge in [-0.25, -0.2) is 0 Å². The van der Waals surface area contributed by atoms with Gasteiger partial charge in [-0.3, -0.25) is 9.59 Å². The van der Waals surface area contributed by atoms with Crippen LogP contribution in [0.2, 0.25) is 0 Å². The Balaban J connectivity index is 1.98. The van der Waals surface area contributed by atoms with Crippen molar-refractivity contribution in [2.75, 3.05) is 0 Å². The first kappa shape index (κ1) is 18.6. The summed E-state index contributed by atoms with van der Waals surface area (Å²) in [5.74, 6) is 0.0659. The van der Waals surface area contributed by atoms with E-state index in [1.165, 1.54) is 11.1 Å². The van der Waals surface area contributed by atoms with Crippen molar-refractivity contribution in [1.82, 2.24) is 10.3 Å². The van der Waals surface area contributed by atoms with E-state index in [0.29, 0.717) is 10.7 Å². The first-order valence-corrected chi connectivity index (χ1v) is 10.2. The summed E-state index contributed by atoms with van der Waals surface area (Å²) < 4.78 is 0. The first-order valence-electron chi connectivity index (χ1n) is 10.2. The average molecular weight is 396 g/mol. The normalized spacial score (nSPS) is 19.9. The lowest BCUT2D eigenvalue weighted by molar-refractivity contribution is 0.0956. The molecule has 2 atom stereocenters. The second-order valence-corrected chi connectivity index (χ2v) is 8.56. The molecule has 0 bridgehead atoms. The third-order valence-electron chi connectivity index (χ3n) is 7.07.